The molecule has 2 aliphatic heterocycles. The summed E-state index contributed by atoms with van der Waals surface area (Å²) in [6.07, 6.45) is -1.94. The summed E-state index contributed by atoms with van der Waals surface area (Å²) in [6, 6.07) is -1.04. The molecule has 14 nitrogen and oxygen atoms in total. The molecular weight excluding hydrogens is 474 g/mol. The SMILES string of the molecule is CC(C)(C)OC(=O)N1CC[C@H](CC(=O)N[C@@H]2[C@@H](O)[C@H](O)[C@@H](Nc3ncnc4nc[nH]c34)O[C@H]2CO)C1. The van der Waals surface area contributed by atoms with Gasteiger partial charge in [-0.2, -0.15) is 0 Å². The number of aromatic nitrogens is 4. The van der Waals surface area contributed by atoms with Crippen LogP contribution in [0.15, 0.2) is 12.7 Å². The van der Waals surface area contributed by atoms with Crippen molar-refractivity contribution >= 4 is 29.0 Å². The Morgan fingerprint density at radius 2 is 2.03 bits per heavy atom. The lowest BCUT2D eigenvalue weighted by molar-refractivity contribution is -0.185. The van der Waals surface area contributed by atoms with Gasteiger partial charge in [0.25, 0.3) is 0 Å². The van der Waals surface area contributed by atoms with E-state index in [0.717, 1.165) is 0 Å². The molecule has 2 aromatic rings. The zero-order chi connectivity index (χ0) is 26.0. The summed E-state index contributed by atoms with van der Waals surface area (Å²) in [5, 5.41) is 36.9. The fourth-order valence-corrected chi connectivity index (χ4v) is 4.43. The van der Waals surface area contributed by atoms with E-state index in [0.29, 0.717) is 36.5 Å². The maximum Gasteiger partial charge on any atom is 0.410 e. The van der Waals surface area contributed by atoms with Gasteiger partial charge in [0, 0.05) is 19.5 Å². The standard InChI is InChI=1S/C22H33N7O7/c1-22(2,3)36-21(34)29-5-4-11(7-29)6-13(31)27-14-12(8-30)35-20(17(33)16(14)32)28-19-15-18(24-9-23-15)25-10-26-19/h9-12,14,16-17,20,30,32-33H,4-8H2,1-3H3,(H,27,31)(H2,23,24,25,26,28)/t11-,12+,14+,16-,17+,20+/m1/s1. The molecule has 2 amide bonds. The molecule has 6 atom stereocenters. The van der Waals surface area contributed by atoms with Crippen LogP contribution in [0.3, 0.4) is 0 Å². The van der Waals surface area contributed by atoms with E-state index < -0.39 is 48.9 Å². The number of aliphatic hydroxyl groups is 3. The molecule has 2 aromatic heterocycles. The summed E-state index contributed by atoms with van der Waals surface area (Å²) in [6.45, 7) is 5.74. The Balaban J connectivity index is 1.34. The number of likely N-dealkylation sites (tertiary alicyclic amines) is 1. The van der Waals surface area contributed by atoms with Gasteiger partial charge in [0.2, 0.25) is 5.91 Å². The molecule has 4 rings (SSSR count). The van der Waals surface area contributed by atoms with Crippen LogP contribution in [0.5, 0.6) is 0 Å². The first-order valence-corrected chi connectivity index (χ1v) is 11.9. The van der Waals surface area contributed by atoms with Crippen molar-refractivity contribution in [3.05, 3.63) is 12.7 Å². The van der Waals surface area contributed by atoms with Crippen molar-refractivity contribution < 1.29 is 34.4 Å². The highest BCUT2D eigenvalue weighted by atomic mass is 16.6. The number of ether oxygens (including phenoxy) is 2. The third kappa shape index (κ3) is 5.83. The largest absolute Gasteiger partial charge is 0.444 e. The van der Waals surface area contributed by atoms with E-state index in [9.17, 15) is 24.9 Å². The second-order valence-electron chi connectivity index (χ2n) is 10.1. The molecule has 4 heterocycles. The van der Waals surface area contributed by atoms with Crippen LogP contribution in [0.25, 0.3) is 11.2 Å². The third-order valence-electron chi connectivity index (χ3n) is 6.17. The first-order valence-electron chi connectivity index (χ1n) is 11.9. The van der Waals surface area contributed by atoms with E-state index in [-0.39, 0.29) is 18.2 Å². The molecule has 36 heavy (non-hydrogen) atoms. The van der Waals surface area contributed by atoms with Crippen LogP contribution in [0.2, 0.25) is 0 Å². The fourth-order valence-electron chi connectivity index (χ4n) is 4.43. The molecule has 198 valence electrons. The normalized spacial score (nSPS) is 28.8. The second-order valence-corrected chi connectivity index (χ2v) is 10.1. The Kier molecular flexibility index (Phi) is 7.59. The van der Waals surface area contributed by atoms with Crippen LogP contribution in [0.1, 0.15) is 33.6 Å². The van der Waals surface area contributed by atoms with Gasteiger partial charge in [-0.05, 0) is 33.1 Å². The van der Waals surface area contributed by atoms with Gasteiger partial charge in [-0.15, -0.1) is 0 Å². The predicted molar refractivity (Wildman–Crippen MR) is 126 cm³/mol. The van der Waals surface area contributed by atoms with Gasteiger partial charge in [-0.1, -0.05) is 0 Å². The third-order valence-corrected chi connectivity index (χ3v) is 6.17. The Hall–Kier alpha value is -3.07. The second kappa shape index (κ2) is 10.5. The molecule has 2 saturated heterocycles. The average Bonchev–Trinajstić information content (AvgIpc) is 3.48. The lowest BCUT2D eigenvalue weighted by atomic mass is 9.94. The Morgan fingerprint density at radius 3 is 2.75 bits per heavy atom. The maximum absolute atomic E-state index is 12.8. The van der Waals surface area contributed by atoms with Crippen molar-refractivity contribution in [1.82, 2.24) is 30.2 Å². The van der Waals surface area contributed by atoms with Gasteiger partial charge in [-0.25, -0.2) is 19.7 Å². The summed E-state index contributed by atoms with van der Waals surface area (Å²) < 4.78 is 11.2. The van der Waals surface area contributed by atoms with Gasteiger partial charge >= 0.3 is 6.09 Å². The molecule has 0 aromatic carbocycles. The average molecular weight is 508 g/mol. The molecular formula is C22H33N7O7. The minimum absolute atomic E-state index is 0.0827. The Bertz CT molecular complexity index is 1070. The first-order chi connectivity index (χ1) is 17.1. The molecule has 0 radical (unpaired) electrons. The molecule has 0 aliphatic carbocycles. The van der Waals surface area contributed by atoms with Gasteiger partial charge in [0.15, 0.2) is 17.7 Å². The molecule has 2 fully saturated rings. The van der Waals surface area contributed by atoms with Gasteiger partial charge in [0.1, 0.15) is 35.8 Å². The monoisotopic (exact) mass is 507 g/mol. The topological polar surface area (TPSA) is 195 Å². The van der Waals surface area contributed by atoms with Crippen LogP contribution in [-0.2, 0) is 14.3 Å². The number of H-pyrrole nitrogens is 1. The van der Waals surface area contributed by atoms with Crippen molar-refractivity contribution in [2.24, 2.45) is 5.92 Å². The van der Waals surface area contributed by atoms with Crippen molar-refractivity contribution in [2.75, 3.05) is 25.0 Å². The number of nitrogens with one attached hydrogen (secondary N) is 3. The minimum Gasteiger partial charge on any atom is -0.444 e. The van der Waals surface area contributed by atoms with Crippen molar-refractivity contribution in [3.63, 3.8) is 0 Å². The van der Waals surface area contributed by atoms with Gasteiger partial charge in [-0.3, -0.25) is 4.79 Å². The van der Waals surface area contributed by atoms with Crippen LogP contribution in [0.4, 0.5) is 10.6 Å². The van der Waals surface area contributed by atoms with E-state index in [2.05, 4.69) is 30.6 Å². The van der Waals surface area contributed by atoms with E-state index >= 15 is 0 Å². The number of imidazole rings is 1. The number of fused-ring (bicyclic) bond motifs is 1. The predicted octanol–water partition coefficient (Wildman–Crippen LogP) is -0.664. The van der Waals surface area contributed by atoms with Crippen molar-refractivity contribution in [2.45, 2.75) is 69.8 Å². The summed E-state index contributed by atoms with van der Waals surface area (Å²) in [5.41, 5.74) is 0.281. The molecule has 6 N–H and O–H groups in total. The molecule has 0 bridgehead atoms. The van der Waals surface area contributed by atoms with Crippen LogP contribution in [0, 0.1) is 5.92 Å². The van der Waals surface area contributed by atoms with Gasteiger partial charge < -0.3 is 45.3 Å². The number of hydrogen-bond acceptors (Lipinski definition) is 11. The molecule has 0 spiro atoms. The van der Waals surface area contributed by atoms with Gasteiger partial charge in [0.05, 0.1) is 19.0 Å². The van der Waals surface area contributed by atoms with Crippen molar-refractivity contribution in [3.8, 4) is 0 Å². The number of amides is 2. The van der Waals surface area contributed by atoms with E-state index in [1.54, 1.807) is 25.7 Å². The van der Waals surface area contributed by atoms with Crippen LogP contribution < -0.4 is 10.6 Å². The smallest absolute Gasteiger partial charge is 0.410 e. The van der Waals surface area contributed by atoms with Crippen LogP contribution in [-0.4, -0.2) is 108 Å². The molecule has 14 heteroatoms. The molecule has 0 saturated carbocycles. The lowest BCUT2D eigenvalue weighted by Crippen LogP contribution is -2.65. The Morgan fingerprint density at radius 1 is 1.25 bits per heavy atom. The molecule has 2 aliphatic rings. The van der Waals surface area contributed by atoms with E-state index in [1.165, 1.54) is 12.7 Å². The Labute approximate surface area is 207 Å². The molecule has 0 unspecified atom stereocenters. The number of rotatable bonds is 6. The van der Waals surface area contributed by atoms with E-state index in [1.807, 2.05) is 0 Å². The number of aromatic amines is 1. The highest BCUT2D eigenvalue weighted by molar-refractivity contribution is 5.82. The first kappa shape index (κ1) is 26.0. The fraction of sp³-hybridized carbons (Fsp3) is 0.682. The van der Waals surface area contributed by atoms with Crippen molar-refractivity contribution in [1.29, 1.82) is 0 Å². The number of anilines is 1. The minimum atomic E-state index is -1.44. The summed E-state index contributed by atoms with van der Waals surface area (Å²) in [7, 11) is 0. The summed E-state index contributed by atoms with van der Waals surface area (Å²) in [4.78, 5) is 41.6. The maximum atomic E-state index is 12.8. The van der Waals surface area contributed by atoms with E-state index in [4.69, 9.17) is 9.47 Å². The quantitative estimate of drug-likeness (QED) is 0.290. The van der Waals surface area contributed by atoms with Crippen LogP contribution >= 0.6 is 0 Å². The zero-order valence-electron chi connectivity index (χ0n) is 20.4. The summed E-state index contributed by atoms with van der Waals surface area (Å²) >= 11 is 0. The summed E-state index contributed by atoms with van der Waals surface area (Å²) in [5.74, 6) is -0.171. The highest BCUT2D eigenvalue weighted by Crippen LogP contribution is 2.26. The number of aliphatic hydroxyl groups excluding tert-OH is 3. The number of hydrogen-bond donors (Lipinski definition) is 6. The number of carbonyl (C=O) groups excluding carboxylic acids is 2. The zero-order valence-corrected chi connectivity index (χ0v) is 20.4. The number of nitrogens with zero attached hydrogens (tertiary/aromatic N) is 4. The number of carbonyl (C=O) groups is 2. The highest BCUT2D eigenvalue weighted by Gasteiger charge is 2.45. The lowest BCUT2D eigenvalue weighted by Gasteiger charge is -2.42.